The van der Waals surface area contributed by atoms with Crippen molar-refractivity contribution in [1.29, 1.82) is 0 Å². The molecule has 4 heteroatoms. The molecule has 1 fully saturated rings. The Labute approximate surface area is 102 Å². The van der Waals surface area contributed by atoms with Gasteiger partial charge in [0.15, 0.2) is 0 Å². The van der Waals surface area contributed by atoms with Crippen LogP contribution in [-0.2, 0) is 6.54 Å². The maximum atomic E-state index is 12.0. The normalized spacial score (nSPS) is 28.6. The Hall–Kier alpha value is -0.360. The maximum Gasteiger partial charge on any atom is 0.264 e. The number of nitrogens with one attached hydrogen (secondary N) is 1. The molecule has 1 aromatic rings. The monoisotopic (exact) mass is 316 g/mol. The fraction of sp³-hybridized carbons (Fsp3) is 0.545. The molecule has 1 aliphatic heterocycles. The van der Waals surface area contributed by atoms with E-state index < -0.39 is 0 Å². The third-order valence-corrected chi connectivity index (χ3v) is 4.12. The number of rotatable bonds is 0. The molecule has 0 amide bonds. The molecular weight excluding hydrogens is 303 g/mol. The predicted octanol–water partition coefficient (Wildman–Crippen LogP) is 1.30. The molecule has 3 rings (SSSR count). The van der Waals surface area contributed by atoms with E-state index in [0.717, 1.165) is 23.1 Å². The molecule has 1 aromatic heterocycles. The molecule has 0 aromatic carbocycles. The minimum atomic E-state index is 0.195. The van der Waals surface area contributed by atoms with E-state index in [4.69, 9.17) is 0 Å². The maximum absolute atomic E-state index is 12.0. The van der Waals surface area contributed by atoms with Crippen molar-refractivity contribution >= 4 is 22.6 Å². The van der Waals surface area contributed by atoms with Crippen molar-refractivity contribution in [2.24, 2.45) is 0 Å². The van der Waals surface area contributed by atoms with Gasteiger partial charge in [0.1, 0.15) is 0 Å². The highest BCUT2D eigenvalue weighted by molar-refractivity contribution is 14.1. The highest BCUT2D eigenvalue weighted by Gasteiger charge is 2.40. The molecule has 2 unspecified atom stereocenters. The first-order valence-electron chi connectivity index (χ1n) is 5.40. The fourth-order valence-corrected chi connectivity index (χ4v) is 2.86. The van der Waals surface area contributed by atoms with E-state index in [9.17, 15) is 4.79 Å². The van der Waals surface area contributed by atoms with Crippen molar-refractivity contribution in [3.63, 3.8) is 0 Å². The lowest BCUT2D eigenvalue weighted by Gasteiger charge is -2.16. The first-order valence-corrected chi connectivity index (χ1v) is 6.48. The highest BCUT2D eigenvalue weighted by atomic mass is 127. The average molecular weight is 316 g/mol. The SMILES string of the molecule is O=c1c(I)ccc2n1CCCNC1CC21. The van der Waals surface area contributed by atoms with E-state index in [1.54, 1.807) is 0 Å². The minimum absolute atomic E-state index is 0.195. The number of halogens is 1. The summed E-state index contributed by atoms with van der Waals surface area (Å²) < 4.78 is 2.81. The standard InChI is InChI=1S/C11H13IN2O/c12-8-2-3-10-7-6-9(7)13-4-1-5-14(10)11(8)15/h2-3,7,9,13H,1,4-6H2. The predicted molar refractivity (Wildman–Crippen MR) is 67.2 cm³/mol. The zero-order valence-electron chi connectivity index (χ0n) is 8.37. The quantitative estimate of drug-likeness (QED) is 0.732. The number of pyridine rings is 1. The van der Waals surface area contributed by atoms with Crippen LogP contribution in [0.25, 0.3) is 0 Å². The van der Waals surface area contributed by atoms with Crippen LogP contribution in [0, 0.1) is 3.57 Å². The summed E-state index contributed by atoms with van der Waals surface area (Å²) in [6, 6.07) is 4.70. The van der Waals surface area contributed by atoms with Crippen molar-refractivity contribution in [1.82, 2.24) is 9.88 Å². The Bertz CT molecular complexity index is 454. The molecule has 15 heavy (non-hydrogen) atoms. The Balaban J connectivity index is 2.12. The van der Waals surface area contributed by atoms with Crippen LogP contribution < -0.4 is 10.9 Å². The molecule has 2 aliphatic rings. The van der Waals surface area contributed by atoms with Crippen LogP contribution >= 0.6 is 22.6 Å². The second kappa shape index (κ2) is 3.59. The van der Waals surface area contributed by atoms with Crippen LogP contribution in [0.3, 0.4) is 0 Å². The molecule has 0 radical (unpaired) electrons. The molecular formula is C11H13IN2O. The second-order valence-electron chi connectivity index (χ2n) is 4.32. The van der Waals surface area contributed by atoms with Gasteiger partial charge in [0.2, 0.25) is 0 Å². The van der Waals surface area contributed by atoms with Gasteiger partial charge in [-0.15, -0.1) is 0 Å². The van der Waals surface area contributed by atoms with Gasteiger partial charge < -0.3 is 9.88 Å². The van der Waals surface area contributed by atoms with Gasteiger partial charge in [-0.3, -0.25) is 4.79 Å². The van der Waals surface area contributed by atoms with Crippen molar-refractivity contribution in [3.05, 3.63) is 31.8 Å². The third kappa shape index (κ3) is 1.63. The van der Waals surface area contributed by atoms with Crippen molar-refractivity contribution in [2.45, 2.75) is 31.3 Å². The first kappa shape index (κ1) is 9.84. The van der Waals surface area contributed by atoms with Crippen LogP contribution in [-0.4, -0.2) is 17.2 Å². The highest BCUT2D eigenvalue weighted by Crippen LogP contribution is 2.41. The lowest BCUT2D eigenvalue weighted by molar-refractivity contribution is 0.521. The average Bonchev–Trinajstić information content (AvgIpc) is 2.93. The molecule has 3 nitrogen and oxygen atoms in total. The van der Waals surface area contributed by atoms with Gasteiger partial charge in [0, 0.05) is 24.2 Å². The molecule has 0 bridgehead atoms. The Morgan fingerprint density at radius 3 is 3.20 bits per heavy atom. The summed E-state index contributed by atoms with van der Waals surface area (Å²) in [5.41, 5.74) is 1.43. The fourth-order valence-electron chi connectivity index (χ4n) is 2.39. The number of fused-ring (bicyclic) bond motifs is 3. The Morgan fingerprint density at radius 1 is 1.47 bits per heavy atom. The Kier molecular flexibility index (Phi) is 2.35. The van der Waals surface area contributed by atoms with Gasteiger partial charge >= 0.3 is 0 Å². The van der Waals surface area contributed by atoms with E-state index in [1.807, 2.05) is 10.6 Å². The molecule has 80 valence electrons. The van der Waals surface area contributed by atoms with Crippen LogP contribution in [0.4, 0.5) is 0 Å². The summed E-state index contributed by atoms with van der Waals surface area (Å²) in [5, 5.41) is 3.52. The second-order valence-corrected chi connectivity index (χ2v) is 5.48. The van der Waals surface area contributed by atoms with Gasteiger partial charge in [-0.25, -0.2) is 0 Å². The molecule has 1 N–H and O–H groups in total. The van der Waals surface area contributed by atoms with Crippen LogP contribution in [0.15, 0.2) is 16.9 Å². The lowest BCUT2D eigenvalue weighted by Crippen LogP contribution is -2.31. The molecule has 2 heterocycles. The number of aromatic nitrogens is 1. The summed E-state index contributed by atoms with van der Waals surface area (Å²) >= 11 is 2.12. The van der Waals surface area contributed by atoms with Crippen molar-refractivity contribution < 1.29 is 0 Å². The summed E-state index contributed by atoms with van der Waals surface area (Å²) in [5.74, 6) is 0.579. The minimum Gasteiger partial charge on any atom is -0.313 e. The molecule has 0 spiro atoms. The summed E-state index contributed by atoms with van der Waals surface area (Å²) in [6.45, 7) is 1.90. The van der Waals surface area contributed by atoms with Crippen molar-refractivity contribution in [2.75, 3.05) is 6.54 Å². The summed E-state index contributed by atoms with van der Waals surface area (Å²) in [4.78, 5) is 12.0. The van der Waals surface area contributed by atoms with Crippen LogP contribution in [0.5, 0.6) is 0 Å². The molecule has 0 saturated heterocycles. The van der Waals surface area contributed by atoms with E-state index >= 15 is 0 Å². The number of nitrogens with zero attached hydrogens (tertiary/aromatic N) is 1. The molecule has 1 aliphatic carbocycles. The molecule has 1 saturated carbocycles. The van der Waals surface area contributed by atoms with E-state index in [1.165, 1.54) is 12.1 Å². The topological polar surface area (TPSA) is 34.0 Å². The third-order valence-electron chi connectivity index (χ3n) is 3.30. The lowest BCUT2D eigenvalue weighted by atomic mass is 10.2. The van der Waals surface area contributed by atoms with Gasteiger partial charge in [-0.2, -0.15) is 0 Å². The zero-order chi connectivity index (χ0) is 10.4. The van der Waals surface area contributed by atoms with Crippen molar-refractivity contribution in [3.8, 4) is 0 Å². The van der Waals surface area contributed by atoms with E-state index in [0.29, 0.717) is 12.0 Å². The van der Waals surface area contributed by atoms with Gasteiger partial charge in [0.25, 0.3) is 5.56 Å². The van der Waals surface area contributed by atoms with E-state index in [-0.39, 0.29) is 5.56 Å². The summed E-state index contributed by atoms with van der Waals surface area (Å²) in [7, 11) is 0. The Morgan fingerprint density at radius 2 is 2.33 bits per heavy atom. The van der Waals surface area contributed by atoms with Gasteiger partial charge in [-0.1, -0.05) is 0 Å². The van der Waals surface area contributed by atoms with Gasteiger partial charge in [-0.05, 0) is 54.1 Å². The van der Waals surface area contributed by atoms with E-state index in [2.05, 4.69) is 34.0 Å². The molecule has 2 atom stereocenters. The number of hydrogen-bond acceptors (Lipinski definition) is 2. The van der Waals surface area contributed by atoms with Crippen LogP contribution in [0.2, 0.25) is 0 Å². The first-order chi connectivity index (χ1) is 7.27. The van der Waals surface area contributed by atoms with Crippen LogP contribution in [0.1, 0.15) is 24.5 Å². The number of hydrogen-bond donors (Lipinski definition) is 1. The smallest absolute Gasteiger partial charge is 0.264 e. The largest absolute Gasteiger partial charge is 0.313 e. The zero-order valence-corrected chi connectivity index (χ0v) is 10.5. The van der Waals surface area contributed by atoms with Gasteiger partial charge in [0.05, 0.1) is 3.57 Å². The summed E-state index contributed by atoms with van der Waals surface area (Å²) in [6.07, 6.45) is 2.25.